The molecule has 3 rings (SSSR count). The Balaban J connectivity index is 1.73. The molecular weight excluding hydrogens is 232 g/mol. The molecule has 0 radical (unpaired) electrons. The summed E-state index contributed by atoms with van der Waals surface area (Å²) in [6.45, 7) is 2.89. The van der Waals surface area contributed by atoms with E-state index in [-0.39, 0.29) is 0 Å². The standard InChI is InChI=1S/C18H20O/c1-14-7-2-5-12-18(14)19-13-16-10-6-9-15-8-3-4-11-17(15)16/h2-5,7-8,11-12,16H,6,9-10,13H2,1H3. The second-order valence-corrected chi connectivity index (χ2v) is 5.36. The molecule has 19 heavy (non-hydrogen) atoms. The van der Waals surface area contributed by atoms with Crippen molar-refractivity contribution in [1.29, 1.82) is 0 Å². The van der Waals surface area contributed by atoms with Gasteiger partial charge in [-0.05, 0) is 48.9 Å². The van der Waals surface area contributed by atoms with E-state index in [2.05, 4.69) is 49.4 Å². The maximum absolute atomic E-state index is 6.03. The van der Waals surface area contributed by atoms with Crippen LogP contribution in [0.2, 0.25) is 0 Å². The first-order valence-corrected chi connectivity index (χ1v) is 7.11. The van der Waals surface area contributed by atoms with E-state index < -0.39 is 0 Å². The fourth-order valence-corrected chi connectivity index (χ4v) is 2.94. The van der Waals surface area contributed by atoms with E-state index in [1.807, 2.05) is 6.07 Å². The first-order valence-electron chi connectivity index (χ1n) is 7.11. The van der Waals surface area contributed by atoms with E-state index in [4.69, 9.17) is 4.74 Å². The van der Waals surface area contributed by atoms with Crippen molar-refractivity contribution >= 4 is 0 Å². The highest BCUT2D eigenvalue weighted by atomic mass is 16.5. The molecule has 2 aromatic carbocycles. The van der Waals surface area contributed by atoms with Gasteiger partial charge in [0.25, 0.3) is 0 Å². The van der Waals surface area contributed by atoms with Gasteiger partial charge in [0, 0.05) is 5.92 Å². The van der Waals surface area contributed by atoms with E-state index in [1.54, 1.807) is 0 Å². The van der Waals surface area contributed by atoms with Crippen LogP contribution in [0, 0.1) is 6.92 Å². The minimum atomic E-state index is 0.546. The van der Waals surface area contributed by atoms with Gasteiger partial charge in [0.2, 0.25) is 0 Å². The zero-order chi connectivity index (χ0) is 13.1. The van der Waals surface area contributed by atoms with Gasteiger partial charge < -0.3 is 4.74 Å². The van der Waals surface area contributed by atoms with Crippen LogP contribution in [0.3, 0.4) is 0 Å². The molecule has 1 aliphatic rings. The molecule has 98 valence electrons. The summed E-state index contributed by atoms with van der Waals surface area (Å²) < 4.78 is 6.03. The Morgan fingerprint density at radius 2 is 1.84 bits per heavy atom. The largest absolute Gasteiger partial charge is 0.493 e. The minimum Gasteiger partial charge on any atom is -0.493 e. The summed E-state index contributed by atoms with van der Waals surface area (Å²) in [6.07, 6.45) is 3.73. The Labute approximate surface area is 115 Å². The molecule has 0 N–H and O–H groups in total. The van der Waals surface area contributed by atoms with Crippen LogP contribution >= 0.6 is 0 Å². The van der Waals surface area contributed by atoms with Gasteiger partial charge >= 0.3 is 0 Å². The Hall–Kier alpha value is -1.76. The molecule has 1 nitrogen and oxygen atoms in total. The molecule has 0 saturated carbocycles. The van der Waals surface area contributed by atoms with Gasteiger partial charge in [-0.1, -0.05) is 42.5 Å². The number of rotatable bonds is 3. The molecule has 0 bridgehead atoms. The Morgan fingerprint density at radius 3 is 2.74 bits per heavy atom. The van der Waals surface area contributed by atoms with Gasteiger partial charge in [0.1, 0.15) is 5.75 Å². The van der Waals surface area contributed by atoms with Gasteiger partial charge in [-0.15, -0.1) is 0 Å². The summed E-state index contributed by atoms with van der Waals surface area (Å²) >= 11 is 0. The van der Waals surface area contributed by atoms with Crippen molar-refractivity contribution in [2.24, 2.45) is 0 Å². The molecule has 2 aromatic rings. The predicted molar refractivity (Wildman–Crippen MR) is 78.8 cm³/mol. The van der Waals surface area contributed by atoms with Crippen LogP contribution < -0.4 is 4.74 Å². The quantitative estimate of drug-likeness (QED) is 0.781. The number of hydrogen-bond acceptors (Lipinski definition) is 1. The van der Waals surface area contributed by atoms with Crippen LogP contribution in [0.4, 0.5) is 0 Å². The van der Waals surface area contributed by atoms with Gasteiger partial charge in [-0.25, -0.2) is 0 Å². The topological polar surface area (TPSA) is 9.23 Å². The zero-order valence-electron chi connectivity index (χ0n) is 11.4. The number of hydrogen-bond donors (Lipinski definition) is 0. The predicted octanol–water partition coefficient (Wildman–Crippen LogP) is 4.49. The van der Waals surface area contributed by atoms with Crippen LogP contribution in [-0.2, 0) is 6.42 Å². The number of aryl methyl sites for hydroxylation is 2. The third kappa shape index (κ3) is 2.65. The van der Waals surface area contributed by atoms with Gasteiger partial charge in [0.05, 0.1) is 6.61 Å². The van der Waals surface area contributed by atoms with E-state index in [9.17, 15) is 0 Å². The maximum Gasteiger partial charge on any atom is 0.122 e. The third-order valence-corrected chi connectivity index (χ3v) is 4.03. The molecular formula is C18H20O. The summed E-state index contributed by atoms with van der Waals surface area (Å²) in [7, 11) is 0. The van der Waals surface area contributed by atoms with Gasteiger partial charge in [-0.3, -0.25) is 0 Å². The molecule has 0 aromatic heterocycles. The molecule has 0 amide bonds. The highest BCUT2D eigenvalue weighted by Crippen LogP contribution is 2.32. The van der Waals surface area contributed by atoms with Crippen LogP contribution in [-0.4, -0.2) is 6.61 Å². The molecule has 0 fully saturated rings. The lowest BCUT2D eigenvalue weighted by atomic mass is 9.83. The summed E-state index contributed by atoms with van der Waals surface area (Å²) in [5.74, 6) is 1.56. The van der Waals surface area contributed by atoms with Crippen molar-refractivity contribution in [3.05, 3.63) is 65.2 Å². The smallest absolute Gasteiger partial charge is 0.122 e. The highest BCUT2D eigenvalue weighted by molar-refractivity contribution is 5.34. The summed E-state index contributed by atoms with van der Waals surface area (Å²) in [5, 5.41) is 0. The highest BCUT2D eigenvalue weighted by Gasteiger charge is 2.20. The number of benzene rings is 2. The Bertz CT molecular complexity index is 559. The summed E-state index contributed by atoms with van der Waals surface area (Å²) in [6, 6.07) is 17.1. The normalized spacial score (nSPS) is 17.8. The molecule has 1 aliphatic carbocycles. The van der Waals surface area contributed by atoms with E-state index in [0.717, 1.165) is 12.4 Å². The number of ether oxygens (including phenoxy) is 1. The maximum atomic E-state index is 6.03. The first-order chi connectivity index (χ1) is 9.34. The fourth-order valence-electron chi connectivity index (χ4n) is 2.94. The van der Waals surface area contributed by atoms with Crippen LogP contribution in [0.25, 0.3) is 0 Å². The average Bonchev–Trinajstić information content (AvgIpc) is 2.46. The summed E-state index contributed by atoms with van der Waals surface area (Å²) in [5.41, 5.74) is 4.21. The summed E-state index contributed by atoms with van der Waals surface area (Å²) in [4.78, 5) is 0. The van der Waals surface area contributed by atoms with E-state index >= 15 is 0 Å². The Morgan fingerprint density at radius 1 is 1.05 bits per heavy atom. The van der Waals surface area contributed by atoms with Crippen molar-refractivity contribution in [2.45, 2.75) is 32.1 Å². The second-order valence-electron chi connectivity index (χ2n) is 5.36. The fraction of sp³-hybridized carbons (Fsp3) is 0.333. The molecule has 0 spiro atoms. The first kappa shape index (κ1) is 12.3. The molecule has 0 saturated heterocycles. The van der Waals surface area contributed by atoms with Crippen LogP contribution in [0.1, 0.15) is 35.4 Å². The third-order valence-electron chi connectivity index (χ3n) is 4.03. The molecule has 1 atom stereocenters. The SMILES string of the molecule is Cc1ccccc1OCC1CCCc2ccccc21. The molecule has 0 aliphatic heterocycles. The molecule has 1 unspecified atom stereocenters. The van der Waals surface area contributed by atoms with Crippen molar-refractivity contribution in [2.75, 3.05) is 6.61 Å². The zero-order valence-corrected chi connectivity index (χ0v) is 11.4. The minimum absolute atomic E-state index is 0.546. The monoisotopic (exact) mass is 252 g/mol. The van der Waals surface area contributed by atoms with Crippen molar-refractivity contribution in [3.63, 3.8) is 0 Å². The number of para-hydroxylation sites is 1. The lowest BCUT2D eigenvalue weighted by Crippen LogP contribution is -2.16. The Kier molecular flexibility index (Phi) is 3.54. The van der Waals surface area contributed by atoms with Crippen molar-refractivity contribution < 1.29 is 4.74 Å². The average molecular weight is 252 g/mol. The van der Waals surface area contributed by atoms with Gasteiger partial charge in [-0.2, -0.15) is 0 Å². The lowest BCUT2D eigenvalue weighted by Gasteiger charge is -2.25. The van der Waals surface area contributed by atoms with Crippen molar-refractivity contribution in [1.82, 2.24) is 0 Å². The molecule has 1 heteroatoms. The van der Waals surface area contributed by atoms with Crippen LogP contribution in [0.5, 0.6) is 5.75 Å². The van der Waals surface area contributed by atoms with Crippen LogP contribution in [0.15, 0.2) is 48.5 Å². The molecule has 0 heterocycles. The van der Waals surface area contributed by atoms with E-state index in [0.29, 0.717) is 5.92 Å². The van der Waals surface area contributed by atoms with Crippen molar-refractivity contribution in [3.8, 4) is 5.75 Å². The lowest BCUT2D eigenvalue weighted by molar-refractivity contribution is 0.273. The second kappa shape index (κ2) is 5.48. The van der Waals surface area contributed by atoms with Gasteiger partial charge in [0.15, 0.2) is 0 Å². The van der Waals surface area contributed by atoms with E-state index in [1.165, 1.54) is 36.0 Å². The number of fused-ring (bicyclic) bond motifs is 1.